The Morgan fingerprint density at radius 1 is 1.19 bits per heavy atom. The van der Waals surface area contributed by atoms with Crippen LogP contribution < -0.4 is 10.5 Å². The van der Waals surface area contributed by atoms with Crippen LogP contribution in [0.25, 0.3) is 0 Å². The van der Waals surface area contributed by atoms with Gasteiger partial charge in [-0.3, -0.25) is 4.79 Å². The lowest BCUT2D eigenvalue weighted by molar-refractivity contribution is -0.138. The highest BCUT2D eigenvalue weighted by atomic mass is 16.5. The largest absolute Gasteiger partial charge is 0.508 e. The van der Waals surface area contributed by atoms with Crippen LogP contribution in [0, 0.1) is 0 Å². The molecule has 0 aliphatic rings. The molecule has 0 bridgehead atoms. The fourth-order valence-corrected chi connectivity index (χ4v) is 2.29. The van der Waals surface area contributed by atoms with Gasteiger partial charge in [0, 0.05) is 11.5 Å². The number of phenols is 1. The summed E-state index contributed by atoms with van der Waals surface area (Å²) < 4.78 is 5.14. The summed E-state index contributed by atoms with van der Waals surface area (Å²) in [4.78, 5) is 11.3. The second-order valence-electron chi connectivity index (χ2n) is 4.68. The molecule has 2 rings (SSSR count). The van der Waals surface area contributed by atoms with Gasteiger partial charge in [0.1, 0.15) is 17.5 Å². The Balaban J connectivity index is 2.57. The molecule has 0 radical (unpaired) electrons. The van der Waals surface area contributed by atoms with Crippen LogP contribution in [-0.2, 0) is 4.79 Å². The van der Waals surface area contributed by atoms with Gasteiger partial charge >= 0.3 is 5.97 Å². The summed E-state index contributed by atoms with van der Waals surface area (Å²) >= 11 is 0. The van der Waals surface area contributed by atoms with Gasteiger partial charge in [-0.15, -0.1) is 0 Å². The number of benzene rings is 2. The minimum absolute atomic E-state index is 0.0126. The van der Waals surface area contributed by atoms with Crippen molar-refractivity contribution in [2.75, 3.05) is 7.11 Å². The highest BCUT2D eigenvalue weighted by molar-refractivity contribution is 5.76. The molecular formula is C16H17NO4. The molecule has 0 aliphatic heterocycles. The van der Waals surface area contributed by atoms with Gasteiger partial charge in [-0.1, -0.05) is 30.3 Å². The van der Waals surface area contributed by atoms with Gasteiger partial charge < -0.3 is 20.7 Å². The first-order valence-corrected chi connectivity index (χ1v) is 6.45. The fourth-order valence-electron chi connectivity index (χ4n) is 2.29. The van der Waals surface area contributed by atoms with Gasteiger partial charge in [0.25, 0.3) is 0 Å². The Hall–Kier alpha value is -2.53. The van der Waals surface area contributed by atoms with Gasteiger partial charge in [-0.25, -0.2) is 0 Å². The SMILES string of the molecule is COc1ccc(O)c([C@@H](c2ccccc2)[C@@H](N)C(=O)O)c1. The zero-order valence-electron chi connectivity index (χ0n) is 11.6. The van der Waals surface area contributed by atoms with E-state index in [1.54, 1.807) is 36.4 Å². The van der Waals surface area contributed by atoms with Gasteiger partial charge in [0.2, 0.25) is 0 Å². The van der Waals surface area contributed by atoms with Crippen molar-refractivity contribution in [3.63, 3.8) is 0 Å². The van der Waals surface area contributed by atoms with Gasteiger partial charge in [-0.05, 0) is 23.8 Å². The lowest BCUT2D eigenvalue weighted by atomic mass is 9.85. The van der Waals surface area contributed by atoms with E-state index in [2.05, 4.69) is 0 Å². The standard InChI is InChI=1S/C16H17NO4/c1-21-11-7-8-13(18)12(9-11)14(15(17)16(19)20)10-5-3-2-4-6-10/h2-9,14-15,18H,17H2,1H3,(H,19,20)/t14-,15-/m1/s1. The summed E-state index contributed by atoms with van der Waals surface area (Å²) in [7, 11) is 1.50. The maximum absolute atomic E-state index is 11.3. The van der Waals surface area contributed by atoms with Crippen LogP contribution in [0.3, 0.4) is 0 Å². The predicted molar refractivity (Wildman–Crippen MR) is 78.6 cm³/mol. The van der Waals surface area contributed by atoms with Crippen molar-refractivity contribution in [1.29, 1.82) is 0 Å². The first-order valence-electron chi connectivity index (χ1n) is 6.45. The molecule has 21 heavy (non-hydrogen) atoms. The molecule has 4 N–H and O–H groups in total. The number of hydrogen-bond donors (Lipinski definition) is 3. The summed E-state index contributed by atoms with van der Waals surface area (Å²) in [5.74, 6) is -1.28. The Kier molecular flexibility index (Phi) is 4.45. The molecule has 0 aromatic heterocycles. The highest BCUT2D eigenvalue weighted by Gasteiger charge is 2.29. The van der Waals surface area contributed by atoms with E-state index in [4.69, 9.17) is 10.5 Å². The molecule has 110 valence electrons. The third-order valence-corrected chi connectivity index (χ3v) is 3.37. The molecule has 0 heterocycles. The van der Waals surface area contributed by atoms with Crippen LogP contribution in [0.15, 0.2) is 48.5 Å². The van der Waals surface area contributed by atoms with Crippen LogP contribution >= 0.6 is 0 Å². The van der Waals surface area contributed by atoms with Crippen molar-refractivity contribution in [2.24, 2.45) is 5.73 Å². The minimum Gasteiger partial charge on any atom is -0.508 e. The quantitative estimate of drug-likeness (QED) is 0.781. The van der Waals surface area contributed by atoms with Crippen LogP contribution in [0.4, 0.5) is 0 Å². The highest BCUT2D eigenvalue weighted by Crippen LogP contribution is 2.35. The number of rotatable bonds is 5. The number of carboxylic acid groups (broad SMARTS) is 1. The third-order valence-electron chi connectivity index (χ3n) is 3.37. The normalized spacial score (nSPS) is 13.4. The van der Waals surface area contributed by atoms with E-state index in [1.807, 2.05) is 6.07 Å². The molecule has 2 atom stereocenters. The van der Waals surface area contributed by atoms with E-state index in [-0.39, 0.29) is 5.75 Å². The van der Waals surface area contributed by atoms with Gasteiger partial charge in [0.15, 0.2) is 0 Å². The van der Waals surface area contributed by atoms with Crippen molar-refractivity contribution in [1.82, 2.24) is 0 Å². The number of hydrogen-bond acceptors (Lipinski definition) is 4. The van der Waals surface area contributed by atoms with E-state index in [9.17, 15) is 15.0 Å². The number of aromatic hydroxyl groups is 1. The van der Waals surface area contributed by atoms with Crippen LogP contribution in [0.2, 0.25) is 0 Å². The first-order chi connectivity index (χ1) is 10.0. The molecule has 0 saturated carbocycles. The summed E-state index contributed by atoms with van der Waals surface area (Å²) in [6, 6.07) is 12.5. The summed E-state index contributed by atoms with van der Waals surface area (Å²) in [6.07, 6.45) is 0. The van der Waals surface area contributed by atoms with Gasteiger partial charge in [-0.2, -0.15) is 0 Å². The van der Waals surface area contributed by atoms with E-state index in [0.717, 1.165) is 5.56 Å². The average Bonchev–Trinajstić information content (AvgIpc) is 2.50. The lowest BCUT2D eigenvalue weighted by Crippen LogP contribution is -2.37. The maximum atomic E-state index is 11.3. The van der Waals surface area contributed by atoms with Gasteiger partial charge in [0.05, 0.1) is 7.11 Å². The smallest absolute Gasteiger partial charge is 0.321 e. The monoisotopic (exact) mass is 287 g/mol. The van der Waals surface area contributed by atoms with Crippen LogP contribution in [0.1, 0.15) is 17.0 Å². The summed E-state index contributed by atoms with van der Waals surface area (Å²) in [5, 5.41) is 19.3. The van der Waals surface area contributed by atoms with Crippen molar-refractivity contribution < 1.29 is 19.7 Å². The molecule has 0 spiro atoms. The Bertz CT molecular complexity index is 627. The number of phenolic OH excluding ortho intramolecular Hbond substituents is 1. The molecule has 0 unspecified atom stereocenters. The molecule has 2 aromatic rings. The van der Waals surface area contributed by atoms with Crippen LogP contribution in [0.5, 0.6) is 11.5 Å². The first kappa shape index (κ1) is 14.9. The number of methoxy groups -OCH3 is 1. The summed E-state index contributed by atoms with van der Waals surface area (Å²) in [5.41, 5.74) is 6.98. The van der Waals surface area contributed by atoms with E-state index >= 15 is 0 Å². The van der Waals surface area contributed by atoms with E-state index in [1.165, 1.54) is 13.2 Å². The topological polar surface area (TPSA) is 92.8 Å². The second kappa shape index (κ2) is 6.28. The number of nitrogens with two attached hydrogens (primary N) is 1. The molecule has 0 saturated heterocycles. The van der Waals surface area contributed by atoms with Crippen molar-refractivity contribution in [2.45, 2.75) is 12.0 Å². The molecule has 2 aromatic carbocycles. The molecule has 0 amide bonds. The van der Waals surface area contributed by atoms with Crippen molar-refractivity contribution >= 4 is 5.97 Å². The Morgan fingerprint density at radius 3 is 2.43 bits per heavy atom. The van der Waals surface area contributed by atoms with Crippen LogP contribution in [-0.4, -0.2) is 29.3 Å². The zero-order valence-corrected chi connectivity index (χ0v) is 11.6. The third kappa shape index (κ3) is 3.14. The molecule has 5 heteroatoms. The van der Waals surface area contributed by atoms with E-state index in [0.29, 0.717) is 11.3 Å². The second-order valence-corrected chi connectivity index (χ2v) is 4.68. The number of aliphatic carboxylic acids is 1. The van der Waals surface area contributed by atoms with Crippen molar-refractivity contribution in [3.05, 3.63) is 59.7 Å². The zero-order chi connectivity index (χ0) is 15.4. The Labute approximate surface area is 122 Å². The predicted octanol–water partition coefficient (Wildman–Crippen LogP) is 1.94. The molecular weight excluding hydrogens is 270 g/mol. The summed E-state index contributed by atoms with van der Waals surface area (Å²) in [6.45, 7) is 0. The molecule has 0 fully saturated rings. The minimum atomic E-state index is -1.18. The van der Waals surface area contributed by atoms with E-state index < -0.39 is 17.9 Å². The number of carbonyl (C=O) groups is 1. The number of ether oxygens (including phenoxy) is 1. The number of carboxylic acids is 1. The molecule has 5 nitrogen and oxygen atoms in total. The lowest BCUT2D eigenvalue weighted by Gasteiger charge is -2.23. The fraction of sp³-hybridized carbons (Fsp3) is 0.188. The van der Waals surface area contributed by atoms with Crippen molar-refractivity contribution in [3.8, 4) is 11.5 Å². The average molecular weight is 287 g/mol. The molecule has 0 aliphatic carbocycles. The maximum Gasteiger partial charge on any atom is 0.321 e. The Morgan fingerprint density at radius 2 is 1.86 bits per heavy atom.